The fourth-order valence-electron chi connectivity index (χ4n) is 4.59. The lowest BCUT2D eigenvalue weighted by molar-refractivity contribution is -0.0578. The van der Waals surface area contributed by atoms with Crippen molar-refractivity contribution in [3.63, 3.8) is 0 Å². The van der Waals surface area contributed by atoms with Crippen molar-refractivity contribution in [1.82, 2.24) is 9.47 Å². The van der Waals surface area contributed by atoms with E-state index in [2.05, 4.69) is 18.4 Å². The second-order valence-corrected chi connectivity index (χ2v) is 7.81. The Kier molecular flexibility index (Phi) is 4.54. The Morgan fingerprint density at radius 1 is 1.30 bits per heavy atom. The van der Waals surface area contributed by atoms with Crippen molar-refractivity contribution in [3.05, 3.63) is 24.0 Å². The summed E-state index contributed by atoms with van der Waals surface area (Å²) in [6.45, 7) is 6.99. The Hall–Kier alpha value is -1.29. The average molecular weight is 318 g/mol. The van der Waals surface area contributed by atoms with E-state index in [1.54, 1.807) is 0 Å². The summed E-state index contributed by atoms with van der Waals surface area (Å²) >= 11 is 0. The molecule has 3 atom stereocenters. The van der Waals surface area contributed by atoms with Crippen molar-refractivity contribution in [1.29, 1.82) is 0 Å². The molecule has 0 spiro atoms. The monoisotopic (exact) mass is 318 g/mol. The van der Waals surface area contributed by atoms with Crippen molar-refractivity contribution >= 4 is 5.91 Å². The second kappa shape index (κ2) is 6.31. The van der Waals surface area contributed by atoms with Gasteiger partial charge in [-0.3, -0.25) is 4.79 Å². The summed E-state index contributed by atoms with van der Waals surface area (Å²) in [5, 5.41) is 10.8. The van der Waals surface area contributed by atoms with E-state index in [1.807, 2.05) is 30.2 Å². The van der Waals surface area contributed by atoms with E-state index in [4.69, 9.17) is 0 Å². The molecule has 0 aromatic carbocycles. The number of aromatic nitrogens is 1. The standard InChI is InChI=1S/C19H30N2O2/c1-14(2)20-12-7-10-17(20)18(22)21-13-6-9-16(21)15-8-4-5-11-19(15,3)23/h7,10,12,14-16,23H,4-6,8-9,11,13H2,1-3H3. The third kappa shape index (κ3) is 3.06. The summed E-state index contributed by atoms with van der Waals surface area (Å²) in [5.74, 6) is 0.345. The van der Waals surface area contributed by atoms with Crippen molar-refractivity contribution in [2.75, 3.05) is 6.54 Å². The molecule has 1 aliphatic heterocycles. The fourth-order valence-corrected chi connectivity index (χ4v) is 4.59. The molecule has 2 fully saturated rings. The van der Waals surface area contributed by atoms with Gasteiger partial charge in [-0.1, -0.05) is 12.8 Å². The molecule has 3 rings (SSSR count). The van der Waals surface area contributed by atoms with Gasteiger partial charge in [0, 0.05) is 30.7 Å². The zero-order valence-electron chi connectivity index (χ0n) is 14.7. The number of nitrogens with zero attached hydrogens (tertiary/aromatic N) is 2. The van der Waals surface area contributed by atoms with E-state index in [-0.39, 0.29) is 23.9 Å². The predicted octanol–water partition coefficient (Wildman–Crippen LogP) is 3.61. The Balaban J connectivity index is 1.84. The molecule has 2 heterocycles. The second-order valence-electron chi connectivity index (χ2n) is 7.81. The first kappa shape index (κ1) is 16.6. The van der Waals surface area contributed by atoms with Gasteiger partial charge in [-0.05, 0) is 58.6 Å². The summed E-state index contributed by atoms with van der Waals surface area (Å²) in [4.78, 5) is 15.2. The van der Waals surface area contributed by atoms with Crippen molar-refractivity contribution in [2.24, 2.45) is 5.92 Å². The molecular weight excluding hydrogens is 288 g/mol. The molecule has 3 unspecified atom stereocenters. The fraction of sp³-hybridized carbons (Fsp3) is 0.737. The van der Waals surface area contributed by atoms with Gasteiger partial charge in [0.05, 0.1) is 5.60 Å². The van der Waals surface area contributed by atoms with Crippen LogP contribution in [0.1, 0.15) is 75.8 Å². The molecule has 4 heteroatoms. The van der Waals surface area contributed by atoms with E-state index in [1.165, 1.54) is 6.42 Å². The topological polar surface area (TPSA) is 45.5 Å². The Labute approximate surface area is 139 Å². The Morgan fingerprint density at radius 2 is 2.09 bits per heavy atom. The summed E-state index contributed by atoms with van der Waals surface area (Å²) in [6, 6.07) is 4.35. The summed E-state index contributed by atoms with van der Waals surface area (Å²) in [5.41, 5.74) is 0.147. The van der Waals surface area contributed by atoms with Crippen LogP contribution in [0, 0.1) is 5.92 Å². The number of hydrogen-bond donors (Lipinski definition) is 1. The minimum Gasteiger partial charge on any atom is -0.390 e. The molecule has 1 aromatic heterocycles. The van der Waals surface area contributed by atoms with Gasteiger partial charge in [-0.2, -0.15) is 0 Å². The SMILES string of the molecule is CC(C)n1cccc1C(=O)N1CCCC1C1CCCCC1(C)O. The number of carbonyl (C=O) groups is 1. The molecule has 1 saturated carbocycles. The molecule has 1 aliphatic carbocycles. The lowest BCUT2D eigenvalue weighted by atomic mass is 9.72. The first-order valence-corrected chi connectivity index (χ1v) is 9.12. The summed E-state index contributed by atoms with van der Waals surface area (Å²) in [6.07, 6.45) is 8.22. The van der Waals surface area contributed by atoms with Gasteiger partial charge in [-0.25, -0.2) is 0 Å². The van der Waals surface area contributed by atoms with Gasteiger partial charge in [0.15, 0.2) is 0 Å². The normalized spacial score (nSPS) is 31.8. The van der Waals surface area contributed by atoms with E-state index in [0.29, 0.717) is 0 Å². The van der Waals surface area contributed by atoms with Crippen LogP contribution in [0.4, 0.5) is 0 Å². The van der Waals surface area contributed by atoms with Crippen LogP contribution in [-0.4, -0.2) is 38.7 Å². The lowest BCUT2D eigenvalue weighted by Crippen LogP contribution is -2.50. The molecule has 0 bridgehead atoms. The minimum absolute atomic E-state index is 0.132. The van der Waals surface area contributed by atoms with Gasteiger partial charge in [-0.15, -0.1) is 0 Å². The van der Waals surface area contributed by atoms with Gasteiger partial charge >= 0.3 is 0 Å². The molecule has 128 valence electrons. The highest BCUT2D eigenvalue weighted by Crippen LogP contribution is 2.41. The first-order valence-electron chi connectivity index (χ1n) is 9.12. The van der Waals surface area contributed by atoms with E-state index in [9.17, 15) is 9.90 Å². The number of likely N-dealkylation sites (tertiary alicyclic amines) is 1. The van der Waals surface area contributed by atoms with Gasteiger partial charge in [0.1, 0.15) is 5.69 Å². The molecule has 1 N–H and O–H groups in total. The zero-order chi connectivity index (χ0) is 16.6. The van der Waals surface area contributed by atoms with Crippen LogP contribution in [-0.2, 0) is 0 Å². The average Bonchev–Trinajstić information content (AvgIpc) is 3.15. The van der Waals surface area contributed by atoms with Crippen LogP contribution < -0.4 is 0 Å². The number of aliphatic hydroxyl groups is 1. The third-order valence-corrected chi connectivity index (χ3v) is 5.83. The number of rotatable bonds is 3. The highest BCUT2D eigenvalue weighted by molar-refractivity contribution is 5.93. The van der Waals surface area contributed by atoms with Crippen LogP contribution in [0.2, 0.25) is 0 Å². The summed E-state index contributed by atoms with van der Waals surface area (Å²) in [7, 11) is 0. The van der Waals surface area contributed by atoms with Crippen LogP contribution >= 0.6 is 0 Å². The molecule has 4 nitrogen and oxygen atoms in total. The Bertz CT molecular complexity index is 561. The highest BCUT2D eigenvalue weighted by atomic mass is 16.3. The molecule has 1 amide bonds. The zero-order valence-corrected chi connectivity index (χ0v) is 14.7. The third-order valence-electron chi connectivity index (χ3n) is 5.83. The maximum atomic E-state index is 13.1. The molecule has 0 radical (unpaired) electrons. The molecule has 1 saturated heterocycles. The largest absolute Gasteiger partial charge is 0.390 e. The highest BCUT2D eigenvalue weighted by Gasteiger charge is 2.45. The van der Waals surface area contributed by atoms with Crippen LogP contribution in [0.3, 0.4) is 0 Å². The van der Waals surface area contributed by atoms with E-state index < -0.39 is 5.60 Å². The molecule has 2 aliphatic rings. The van der Waals surface area contributed by atoms with Crippen molar-refractivity contribution < 1.29 is 9.90 Å². The minimum atomic E-state index is -0.633. The van der Waals surface area contributed by atoms with Crippen LogP contribution in [0.15, 0.2) is 18.3 Å². The van der Waals surface area contributed by atoms with E-state index >= 15 is 0 Å². The molecule has 1 aromatic rings. The van der Waals surface area contributed by atoms with Crippen molar-refractivity contribution in [3.8, 4) is 0 Å². The van der Waals surface area contributed by atoms with Crippen LogP contribution in [0.25, 0.3) is 0 Å². The van der Waals surface area contributed by atoms with Gasteiger partial charge < -0.3 is 14.6 Å². The van der Waals surface area contributed by atoms with E-state index in [0.717, 1.165) is 44.3 Å². The number of carbonyl (C=O) groups excluding carboxylic acids is 1. The lowest BCUT2D eigenvalue weighted by Gasteiger charge is -2.43. The quantitative estimate of drug-likeness (QED) is 0.925. The molecule has 23 heavy (non-hydrogen) atoms. The number of hydrogen-bond acceptors (Lipinski definition) is 2. The Morgan fingerprint density at radius 3 is 2.78 bits per heavy atom. The van der Waals surface area contributed by atoms with Crippen LogP contribution in [0.5, 0.6) is 0 Å². The predicted molar refractivity (Wildman–Crippen MR) is 91.5 cm³/mol. The number of amides is 1. The first-order chi connectivity index (χ1) is 10.9. The maximum absolute atomic E-state index is 13.1. The van der Waals surface area contributed by atoms with Gasteiger partial charge in [0.25, 0.3) is 5.91 Å². The molecular formula is C19H30N2O2. The van der Waals surface area contributed by atoms with Gasteiger partial charge in [0.2, 0.25) is 0 Å². The summed E-state index contributed by atoms with van der Waals surface area (Å²) < 4.78 is 2.05. The maximum Gasteiger partial charge on any atom is 0.270 e. The smallest absolute Gasteiger partial charge is 0.270 e. The van der Waals surface area contributed by atoms with Crippen molar-refractivity contribution in [2.45, 2.75) is 77.0 Å².